The highest BCUT2D eigenvalue weighted by molar-refractivity contribution is 7.89. The number of nitrogens with two attached hydrogens (primary N) is 1. The highest BCUT2D eigenvalue weighted by Crippen LogP contribution is 2.14. The van der Waals surface area contributed by atoms with E-state index in [1.54, 1.807) is 24.2 Å². The molecule has 2 rings (SSSR count). The highest BCUT2D eigenvalue weighted by Gasteiger charge is 2.14. The minimum atomic E-state index is -3.77. The van der Waals surface area contributed by atoms with Crippen LogP contribution < -0.4 is 5.14 Å². The molecule has 0 atom stereocenters. The van der Waals surface area contributed by atoms with Gasteiger partial charge in [-0.2, -0.15) is 5.10 Å². The van der Waals surface area contributed by atoms with Gasteiger partial charge in [0, 0.05) is 45.1 Å². The molecule has 0 aliphatic rings. The molecule has 0 radical (unpaired) electrons. The molecule has 2 N–H and O–H groups in total. The summed E-state index contributed by atoms with van der Waals surface area (Å²) in [6.07, 6.45) is 4.43. The van der Waals surface area contributed by atoms with Crippen LogP contribution >= 0.6 is 11.6 Å². The van der Waals surface area contributed by atoms with E-state index in [1.807, 2.05) is 11.6 Å². The standard InChI is InChI=1S/C13H18ClN5O3S/c1-17-7-10(14)5-11(17)8-18(2)13(20)3-4-19-9-12(6-16-19)23(15,21)22/h5-7,9H,3-4,8H2,1-2H3,(H2,15,21,22). The van der Waals surface area contributed by atoms with E-state index < -0.39 is 10.0 Å². The van der Waals surface area contributed by atoms with Gasteiger partial charge in [-0.1, -0.05) is 11.6 Å². The van der Waals surface area contributed by atoms with Crippen LogP contribution in [0.4, 0.5) is 0 Å². The van der Waals surface area contributed by atoms with E-state index in [-0.39, 0.29) is 23.8 Å². The van der Waals surface area contributed by atoms with Crippen LogP contribution in [0, 0.1) is 0 Å². The monoisotopic (exact) mass is 359 g/mol. The minimum absolute atomic E-state index is 0.0724. The Morgan fingerprint density at radius 1 is 1.43 bits per heavy atom. The Morgan fingerprint density at radius 2 is 2.13 bits per heavy atom. The van der Waals surface area contributed by atoms with Crippen molar-refractivity contribution in [2.45, 2.75) is 24.4 Å². The van der Waals surface area contributed by atoms with Gasteiger partial charge in [0.1, 0.15) is 4.90 Å². The van der Waals surface area contributed by atoms with E-state index in [4.69, 9.17) is 16.7 Å². The third kappa shape index (κ3) is 4.57. The molecule has 1 amide bonds. The molecule has 8 nitrogen and oxygen atoms in total. The van der Waals surface area contributed by atoms with Crippen molar-refractivity contribution < 1.29 is 13.2 Å². The van der Waals surface area contributed by atoms with Crippen molar-refractivity contribution in [2.75, 3.05) is 7.05 Å². The molecule has 0 aliphatic carbocycles. The quantitative estimate of drug-likeness (QED) is 0.814. The normalized spacial score (nSPS) is 11.7. The second kappa shape index (κ2) is 6.73. The third-order valence-electron chi connectivity index (χ3n) is 3.39. The summed E-state index contributed by atoms with van der Waals surface area (Å²) in [5.41, 5.74) is 0.918. The van der Waals surface area contributed by atoms with Gasteiger partial charge in [0.2, 0.25) is 15.9 Å². The first-order valence-corrected chi connectivity index (χ1v) is 8.69. The number of sulfonamides is 1. The number of carbonyl (C=O) groups excluding carboxylic acids is 1. The summed E-state index contributed by atoms with van der Waals surface area (Å²) in [5.74, 6) is -0.0880. The molecule has 126 valence electrons. The van der Waals surface area contributed by atoms with Crippen LogP contribution in [-0.4, -0.2) is 40.6 Å². The SMILES string of the molecule is CN(Cc1cc(Cl)cn1C)C(=O)CCn1cc(S(N)(=O)=O)cn1. The second-order valence-electron chi connectivity index (χ2n) is 5.24. The molecule has 23 heavy (non-hydrogen) atoms. The van der Waals surface area contributed by atoms with E-state index in [0.29, 0.717) is 11.6 Å². The number of aromatic nitrogens is 3. The summed E-state index contributed by atoms with van der Waals surface area (Å²) in [6, 6.07) is 1.80. The first-order valence-electron chi connectivity index (χ1n) is 6.77. The molecule has 0 saturated heterocycles. The zero-order valence-electron chi connectivity index (χ0n) is 12.8. The Bertz CT molecular complexity index is 811. The molecule has 2 aromatic heterocycles. The van der Waals surface area contributed by atoms with Gasteiger partial charge in [0.15, 0.2) is 0 Å². The van der Waals surface area contributed by atoms with E-state index in [9.17, 15) is 13.2 Å². The largest absolute Gasteiger partial charge is 0.351 e. The lowest BCUT2D eigenvalue weighted by Gasteiger charge is -2.17. The van der Waals surface area contributed by atoms with E-state index in [2.05, 4.69) is 5.10 Å². The fourth-order valence-electron chi connectivity index (χ4n) is 2.07. The maximum atomic E-state index is 12.1. The summed E-state index contributed by atoms with van der Waals surface area (Å²) in [7, 11) is -0.218. The van der Waals surface area contributed by atoms with Crippen molar-refractivity contribution in [2.24, 2.45) is 12.2 Å². The molecule has 2 heterocycles. The van der Waals surface area contributed by atoms with Crippen molar-refractivity contribution in [1.29, 1.82) is 0 Å². The zero-order valence-corrected chi connectivity index (χ0v) is 14.4. The minimum Gasteiger partial charge on any atom is -0.351 e. The Hall–Kier alpha value is -1.84. The van der Waals surface area contributed by atoms with Crippen LogP contribution in [0.15, 0.2) is 29.6 Å². The summed E-state index contributed by atoms with van der Waals surface area (Å²) < 4.78 is 25.6. The average Bonchev–Trinajstić information content (AvgIpc) is 3.03. The number of primary sulfonamides is 1. The molecule has 10 heteroatoms. The van der Waals surface area contributed by atoms with E-state index in [0.717, 1.165) is 11.9 Å². The Morgan fingerprint density at radius 3 is 2.65 bits per heavy atom. The summed E-state index contributed by atoms with van der Waals surface area (Å²) >= 11 is 5.91. The molecule has 0 aromatic carbocycles. The topological polar surface area (TPSA) is 103 Å². The zero-order chi connectivity index (χ0) is 17.2. The van der Waals surface area contributed by atoms with Crippen LogP contribution in [0.5, 0.6) is 0 Å². The van der Waals surface area contributed by atoms with Crippen LogP contribution in [0.3, 0.4) is 0 Å². The van der Waals surface area contributed by atoms with Crippen molar-refractivity contribution in [3.63, 3.8) is 0 Å². The number of rotatable bonds is 6. The van der Waals surface area contributed by atoms with Gasteiger partial charge in [-0.25, -0.2) is 13.6 Å². The van der Waals surface area contributed by atoms with Gasteiger partial charge in [0.05, 0.1) is 17.8 Å². The number of amides is 1. The Kier molecular flexibility index (Phi) is 5.12. The Balaban J connectivity index is 1.91. The van der Waals surface area contributed by atoms with Gasteiger partial charge in [0.25, 0.3) is 0 Å². The maximum Gasteiger partial charge on any atom is 0.241 e. The molecule has 0 saturated carbocycles. The molecule has 2 aromatic rings. The molecular weight excluding hydrogens is 342 g/mol. The molecule has 0 bridgehead atoms. The van der Waals surface area contributed by atoms with E-state index >= 15 is 0 Å². The lowest BCUT2D eigenvalue weighted by Crippen LogP contribution is -2.27. The average molecular weight is 360 g/mol. The molecule has 0 spiro atoms. The van der Waals surface area contributed by atoms with Crippen molar-refractivity contribution in [3.05, 3.63) is 35.4 Å². The summed E-state index contributed by atoms with van der Waals surface area (Å²) in [4.78, 5) is 13.6. The van der Waals surface area contributed by atoms with Crippen molar-refractivity contribution in [1.82, 2.24) is 19.2 Å². The number of carbonyl (C=O) groups is 1. The lowest BCUT2D eigenvalue weighted by molar-refractivity contribution is -0.130. The number of hydrogen-bond acceptors (Lipinski definition) is 4. The van der Waals surface area contributed by atoms with Gasteiger partial charge in [-0.05, 0) is 6.07 Å². The predicted octanol–water partition coefficient (Wildman–Crippen LogP) is 0.571. The number of hydrogen-bond donors (Lipinski definition) is 1. The van der Waals surface area contributed by atoms with Gasteiger partial charge in [-0.15, -0.1) is 0 Å². The van der Waals surface area contributed by atoms with Crippen molar-refractivity contribution in [3.8, 4) is 0 Å². The summed E-state index contributed by atoms with van der Waals surface area (Å²) in [5, 5.41) is 9.51. The molecular formula is C13H18ClN5O3S. The lowest BCUT2D eigenvalue weighted by atomic mass is 10.3. The van der Waals surface area contributed by atoms with Crippen LogP contribution in [-0.2, 0) is 35.0 Å². The van der Waals surface area contributed by atoms with Gasteiger partial charge >= 0.3 is 0 Å². The first kappa shape index (κ1) is 17.5. The number of aryl methyl sites for hydroxylation is 2. The number of nitrogens with zero attached hydrogens (tertiary/aromatic N) is 4. The van der Waals surface area contributed by atoms with E-state index in [1.165, 1.54) is 10.9 Å². The fourth-order valence-corrected chi connectivity index (χ4v) is 2.80. The second-order valence-corrected chi connectivity index (χ2v) is 7.24. The Labute approximate surface area is 139 Å². The molecule has 0 aliphatic heterocycles. The first-order chi connectivity index (χ1) is 10.7. The third-order valence-corrected chi connectivity index (χ3v) is 4.47. The maximum absolute atomic E-state index is 12.1. The van der Waals surface area contributed by atoms with Gasteiger partial charge < -0.3 is 9.47 Å². The van der Waals surface area contributed by atoms with Crippen LogP contribution in [0.1, 0.15) is 12.1 Å². The van der Waals surface area contributed by atoms with Crippen molar-refractivity contribution >= 4 is 27.5 Å². The highest BCUT2D eigenvalue weighted by atomic mass is 35.5. The molecule has 0 unspecified atom stereocenters. The fraction of sp³-hybridized carbons (Fsp3) is 0.385. The van der Waals surface area contributed by atoms with Crippen LogP contribution in [0.25, 0.3) is 0 Å². The smallest absolute Gasteiger partial charge is 0.241 e. The molecule has 0 fully saturated rings. The summed E-state index contributed by atoms with van der Waals surface area (Å²) in [6.45, 7) is 0.705. The van der Waals surface area contributed by atoms with Crippen LogP contribution in [0.2, 0.25) is 5.02 Å². The van der Waals surface area contributed by atoms with Gasteiger partial charge in [-0.3, -0.25) is 9.48 Å². The predicted molar refractivity (Wildman–Crippen MR) is 85.1 cm³/mol. The number of halogens is 1.